The standard InChI is InChI=1S/C21H19F4NO4/c22-18-5-12(1-4-17(18)21(23,24)25)10-29-16-3-2-13-6-15(11-30-19(13)7-16)26-8-14(9-26)20(27)28/h1-5,7,14-15H,6,8-11H2,(H,27,28). The molecule has 1 atom stereocenters. The van der Waals surface area contributed by atoms with E-state index in [9.17, 15) is 22.4 Å². The van der Waals surface area contributed by atoms with Gasteiger partial charge in [-0.1, -0.05) is 12.1 Å². The number of carboxylic acids is 1. The number of fused-ring (bicyclic) bond motifs is 1. The lowest BCUT2D eigenvalue weighted by atomic mass is 9.93. The molecule has 1 unspecified atom stereocenters. The second kappa shape index (κ2) is 7.79. The quantitative estimate of drug-likeness (QED) is 0.740. The van der Waals surface area contributed by atoms with Crippen molar-refractivity contribution in [2.75, 3.05) is 19.7 Å². The van der Waals surface area contributed by atoms with Gasteiger partial charge in [0, 0.05) is 25.2 Å². The van der Waals surface area contributed by atoms with E-state index in [0.29, 0.717) is 37.3 Å². The van der Waals surface area contributed by atoms with Crippen molar-refractivity contribution in [1.82, 2.24) is 4.90 Å². The predicted octanol–water partition coefficient (Wildman–Crippen LogP) is 3.74. The van der Waals surface area contributed by atoms with Gasteiger partial charge in [0.05, 0.1) is 11.5 Å². The molecule has 2 aliphatic heterocycles. The molecule has 2 aromatic rings. The van der Waals surface area contributed by atoms with Crippen LogP contribution < -0.4 is 9.47 Å². The monoisotopic (exact) mass is 425 g/mol. The van der Waals surface area contributed by atoms with Crippen molar-refractivity contribution in [3.8, 4) is 11.5 Å². The minimum Gasteiger partial charge on any atom is -0.492 e. The smallest absolute Gasteiger partial charge is 0.419 e. The van der Waals surface area contributed by atoms with Crippen molar-refractivity contribution >= 4 is 5.97 Å². The van der Waals surface area contributed by atoms with Crippen molar-refractivity contribution < 1.29 is 36.9 Å². The van der Waals surface area contributed by atoms with Crippen LogP contribution in [0.15, 0.2) is 36.4 Å². The number of nitrogens with zero attached hydrogens (tertiary/aromatic N) is 1. The van der Waals surface area contributed by atoms with Gasteiger partial charge in [0.2, 0.25) is 0 Å². The van der Waals surface area contributed by atoms with Gasteiger partial charge >= 0.3 is 12.1 Å². The molecule has 0 saturated carbocycles. The third kappa shape index (κ3) is 4.21. The van der Waals surface area contributed by atoms with Gasteiger partial charge in [-0.2, -0.15) is 13.2 Å². The second-order valence-corrected chi connectivity index (χ2v) is 7.53. The van der Waals surface area contributed by atoms with Gasteiger partial charge in [-0.25, -0.2) is 4.39 Å². The largest absolute Gasteiger partial charge is 0.492 e. The summed E-state index contributed by atoms with van der Waals surface area (Å²) >= 11 is 0. The molecule has 1 N–H and O–H groups in total. The number of alkyl halides is 3. The van der Waals surface area contributed by atoms with Gasteiger partial charge in [0.25, 0.3) is 0 Å². The summed E-state index contributed by atoms with van der Waals surface area (Å²) in [6.45, 7) is 1.39. The third-order valence-electron chi connectivity index (χ3n) is 5.45. The molecule has 0 bridgehead atoms. The Labute approximate surface area is 169 Å². The second-order valence-electron chi connectivity index (χ2n) is 7.53. The summed E-state index contributed by atoms with van der Waals surface area (Å²) in [5, 5.41) is 8.99. The van der Waals surface area contributed by atoms with Gasteiger partial charge in [-0.3, -0.25) is 9.69 Å². The zero-order chi connectivity index (χ0) is 21.5. The van der Waals surface area contributed by atoms with Crippen molar-refractivity contribution in [1.29, 1.82) is 0 Å². The van der Waals surface area contributed by atoms with Gasteiger partial charge in [-0.15, -0.1) is 0 Å². The Morgan fingerprint density at radius 3 is 2.63 bits per heavy atom. The molecular weight excluding hydrogens is 406 g/mol. The highest BCUT2D eigenvalue weighted by Crippen LogP contribution is 2.34. The number of likely N-dealkylation sites (tertiary alicyclic amines) is 1. The first-order valence-corrected chi connectivity index (χ1v) is 9.41. The Kier molecular flexibility index (Phi) is 5.31. The predicted molar refractivity (Wildman–Crippen MR) is 97.9 cm³/mol. The maximum Gasteiger partial charge on any atom is 0.419 e. The molecular formula is C21H19F4NO4. The number of halogens is 4. The summed E-state index contributed by atoms with van der Waals surface area (Å²) in [6, 6.07) is 8.09. The van der Waals surface area contributed by atoms with Gasteiger partial charge in [-0.05, 0) is 35.7 Å². The fraction of sp³-hybridized carbons (Fsp3) is 0.381. The zero-order valence-corrected chi connectivity index (χ0v) is 15.8. The van der Waals surface area contributed by atoms with Crippen molar-refractivity contribution in [3.63, 3.8) is 0 Å². The van der Waals surface area contributed by atoms with E-state index in [1.54, 1.807) is 12.1 Å². The molecule has 0 spiro atoms. The fourth-order valence-corrected chi connectivity index (χ4v) is 3.67. The summed E-state index contributed by atoms with van der Waals surface area (Å²) in [4.78, 5) is 13.0. The highest BCUT2D eigenvalue weighted by atomic mass is 19.4. The Hall–Kier alpha value is -2.81. The first-order valence-electron chi connectivity index (χ1n) is 9.41. The van der Waals surface area contributed by atoms with Gasteiger partial charge in [0.15, 0.2) is 0 Å². The number of benzene rings is 2. The van der Waals surface area contributed by atoms with E-state index < -0.39 is 23.5 Å². The van der Waals surface area contributed by atoms with Crippen LogP contribution in [0, 0.1) is 11.7 Å². The highest BCUT2D eigenvalue weighted by Gasteiger charge is 2.38. The van der Waals surface area contributed by atoms with Crippen LogP contribution in [0.5, 0.6) is 11.5 Å². The molecule has 0 aromatic heterocycles. The summed E-state index contributed by atoms with van der Waals surface area (Å²) in [6.07, 6.45) is -4.01. The van der Waals surface area contributed by atoms with Crippen LogP contribution >= 0.6 is 0 Å². The Morgan fingerprint density at radius 1 is 1.20 bits per heavy atom. The number of carbonyl (C=O) groups is 1. The van der Waals surface area contributed by atoms with Gasteiger partial charge < -0.3 is 14.6 Å². The lowest BCUT2D eigenvalue weighted by Crippen LogP contribution is -2.57. The number of ether oxygens (including phenoxy) is 2. The molecule has 2 aromatic carbocycles. The molecule has 160 valence electrons. The lowest BCUT2D eigenvalue weighted by molar-refractivity contribution is -0.149. The average Bonchev–Trinajstić information content (AvgIpc) is 2.63. The number of carboxylic acid groups (broad SMARTS) is 1. The zero-order valence-electron chi connectivity index (χ0n) is 15.8. The molecule has 9 heteroatoms. The van der Waals surface area contributed by atoms with E-state index in [0.717, 1.165) is 18.1 Å². The maximum absolute atomic E-state index is 13.7. The van der Waals surface area contributed by atoms with Crippen LogP contribution in [-0.2, 0) is 24.0 Å². The van der Waals surface area contributed by atoms with E-state index in [2.05, 4.69) is 4.90 Å². The van der Waals surface area contributed by atoms with Crippen LogP contribution in [0.25, 0.3) is 0 Å². The van der Waals surface area contributed by atoms with Crippen LogP contribution in [0.2, 0.25) is 0 Å². The molecule has 5 nitrogen and oxygen atoms in total. The van der Waals surface area contributed by atoms with E-state index >= 15 is 0 Å². The van der Waals surface area contributed by atoms with E-state index in [-0.39, 0.29) is 24.1 Å². The maximum atomic E-state index is 13.7. The Balaban J connectivity index is 1.35. The molecule has 0 aliphatic carbocycles. The summed E-state index contributed by atoms with van der Waals surface area (Å²) < 4.78 is 63.0. The minimum atomic E-state index is -4.73. The summed E-state index contributed by atoms with van der Waals surface area (Å²) in [7, 11) is 0. The minimum absolute atomic E-state index is 0.0825. The molecule has 2 aliphatic rings. The molecule has 30 heavy (non-hydrogen) atoms. The van der Waals surface area contributed by atoms with Crippen LogP contribution in [0.1, 0.15) is 16.7 Å². The lowest BCUT2D eigenvalue weighted by Gasteiger charge is -2.43. The average molecular weight is 425 g/mol. The van der Waals surface area contributed by atoms with E-state index in [1.165, 1.54) is 6.07 Å². The van der Waals surface area contributed by atoms with Crippen molar-refractivity contribution in [3.05, 3.63) is 58.9 Å². The molecule has 4 rings (SSSR count). The first-order chi connectivity index (χ1) is 14.2. The number of aliphatic carboxylic acids is 1. The van der Waals surface area contributed by atoms with Crippen LogP contribution in [-0.4, -0.2) is 41.7 Å². The summed E-state index contributed by atoms with van der Waals surface area (Å²) in [5.74, 6) is -1.32. The summed E-state index contributed by atoms with van der Waals surface area (Å²) in [5.41, 5.74) is -0.0530. The van der Waals surface area contributed by atoms with E-state index in [4.69, 9.17) is 14.6 Å². The molecule has 0 amide bonds. The topological polar surface area (TPSA) is 59.0 Å². The molecule has 1 fully saturated rings. The molecule has 0 radical (unpaired) electrons. The fourth-order valence-electron chi connectivity index (χ4n) is 3.67. The highest BCUT2D eigenvalue weighted by molar-refractivity contribution is 5.71. The van der Waals surface area contributed by atoms with E-state index in [1.807, 2.05) is 6.07 Å². The first kappa shape index (κ1) is 20.5. The third-order valence-corrected chi connectivity index (χ3v) is 5.45. The SMILES string of the molecule is O=C(O)C1CN(C2COc3cc(OCc4ccc(C(F)(F)F)c(F)c4)ccc3C2)C1. The van der Waals surface area contributed by atoms with Crippen molar-refractivity contribution in [2.45, 2.75) is 25.2 Å². The van der Waals surface area contributed by atoms with Gasteiger partial charge in [0.1, 0.15) is 30.5 Å². The number of rotatable bonds is 5. The normalized spacial score (nSPS) is 19.5. The number of hydrogen-bond donors (Lipinski definition) is 1. The Bertz CT molecular complexity index is 957. The molecule has 1 saturated heterocycles. The van der Waals surface area contributed by atoms with Crippen molar-refractivity contribution in [2.24, 2.45) is 5.92 Å². The van der Waals surface area contributed by atoms with Crippen LogP contribution in [0.3, 0.4) is 0 Å². The Morgan fingerprint density at radius 2 is 1.97 bits per heavy atom. The van der Waals surface area contributed by atoms with Crippen LogP contribution in [0.4, 0.5) is 17.6 Å². The molecule has 2 heterocycles. The number of hydrogen-bond acceptors (Lipinski definition) is 4.